The molecule has 0 radical (unpaired) electrons. The molecule has 0 bridgehead atoms. The van der Waals surface area contributed by atoms with E-state index in [2.05, 4.69) is 4.74 Å². The number of rotatable bonds is 6. The third-order valence-corrected chi connectivity index (χ3v) is 4.34. The normalized spacial score (nSPS) is 13.6. The average Bonchev–Trinajstić information content (AvgIpc) is 2.39. The quantitative estimate of drug-likeness (QED) is 0.456. The van der Waals surface area contributed by atoms with Gasteiger partial charge in [0.1, 0.15) is 0 Å². The zero-order chi connectivity index (χ0) is 15.3. The minimum atomic E-state index is -1.41. The molecule has 0 N–H and O–H groups in total. The molecule has 6 nitrogen and oxygen atoms in total. The van der Waals surface area contributed by atoms with Gasteiger partial charge in [0.15, 0.2) is 0 Å². The lowest BCUT2D eigenvalue weighted by molar-refractivity contribution is -0.385. The van der Waals surface area contributed by atoms with Crippen LogP contribution in [0.4, 0.5) is 5.69 Å². The van der Waals surface area contributed by atoms with Crippen molar-refractivity contribution in [2.24, 2.45) is 5.92 Å². The summed E-state index contributed by atoms with van der Waals surface area (Å²) >= 11 is 5.70. The number of hydrogen-bond acceptors (Lipinski definition) is 5. The van der Waals surface area contributed by atoms with E-state index in [0.717, 1.165) is 0 Å². The van der Waals surface area contributed by atoms with Crippen LogP contribution in [0.3, 0.4) is 0 Å². The largest absolute Gasteiger partial charge is 0.469 e. The SMILES string of the molecule is COC(=O)C(C)CS(=O)Cc1ccc(Cl)cc1[N+](=O)[O-]. The first-order valence-electron chi connectivity index (χ1n) is 5.70. The minimum absolute atomic E-state index is 0.00514. The first kappa shape index (κ1) is 16.6. The summed E-state index contributed by atoms with van der Waals surface area (Å²) in [6.45, 7) is 1.60. The molecule has 1 aromatic rings. The molecule has 2 unspecified atom stereocenters. The molecule has 0 amide bonds. The summed E-state index contributed by atoms with van der Waals surface area (Å²) in [6.07, 6.45) is 0. The molecule has 0 spiro atoms. The Morgan fingerprint density at radius 3 is 2.75 bits per heavy atom. The van der Waals surface area contributed by atoms with Gasteiger partial charge in [0.05, 0.1) is 23.7 Å². The van der Waals surface area contributed by atoms with Gasteiger partial charge >= 0.3 is 5.97 Å². The number of hydrogen-bond donors (Lipinski definition) is 0. The van der Waals surface area contributed by atoms with Crippen molar-refractivity contribution in [3.8, 4) is 0 Å². The van der Waals surface area contributed by atoms with Crippen LogP contribution in [0, 0.1) is 16.0 Å². The minimum Gasteiger partial charge on any atom is -0.469 e. The number of nitrogens with zero attached hydrogens (tertiary/aromatic N) is 1. The highest BCUT2D eigenvalue weighted by Crippen LogP contribution is 2.24. The Morgan fingerprint density at radius 1 is 1.55 bits per heavy atom. The summed E-state index contributed by atoms with van der Waals surface area (Å²) in [5, 5.41) is 11.2. The molecule has 20 heavy (non-hydrogen) atoms. The number of carbonyl (C=O) groups is 1. The Hall–Kier alpha value is -1.47. The molecular formula is C12H14ClNO5S. The first-order valence-corrected chi connectivity index (χ1v) is 7.57. The third kappa shape index (κ3) is 4.57. The number of ether oxygens (including phenoxy) is 1. The number of halogens is 1. The van der Waals surface area contributed by atoms with Gasteiger partial charge in [0.2, 0.25) is 0 Å². The smallest absolute Gasteiger partial charge is 0.309 e. The molecule has 0 heterocycles. The molecule has 0 aromatic heterocycles. The van der Waals surface area contributed by atoms with Crippen LogP contribution in [0.5, 0.6) is 0 Å². The molecule has 0 fully saturated rings. The number of benzene rings is 1. The van der Waals surface area contributed by atoms with Crippen LogP contribution in [0.25, 0.3) is 0 Å². The van der Waals surface area contributed by atoms with Gasteiger partial charge in [-0.15, -0.1) is 0 Å². The van der Waals surface area contributed by atoms with Gasteiger partial charge in [0, 0.05) is 33.2 Å². The Bertz CT molecular complexity index is 549. The summed E-state index contributed by atoms with van der Waals surface area (Å²) in [4.78, 5) is 21.6. The molecule has 1 rings (SSSR count). The highest BCUT2D eigenvalue weighted by atomic mass is 35.5. The van der Waals surface area contributed by atoms with Gasteiger partial charge in [-0.2, -0.15) is 0 Å². The number of nitro benzene ring substituents is 1. The number of methoxy groups -OCH3 is 1. The molecule has 0 saturated carbocycles. The fraction of sp³-hybridized carbons (Fsp3) is 0.417. The van der Waals surface area contributed by atoms with Crippen molar-refractivity contribution in [3.05, 3.63) is 38.9 Å². The van der Waals surface area contributed by atoms with Gasteiger partial charge in [-0.05, 0) is 12.1 Å². The fourth-order valence-corrected chi connectivity index (χ4v) is 3.18. The van der Waals surface area contributed by atoms with Crippen molar-refractivity contribution in [1.82, 2.24) is 0 Å². The maximum atomic E-state index is 12.0. The lowest BCUT2D eigenvalue weighted by Crippen LogP contribution is -2.20. The molecule has 8 heteroatoms. The van der Waals surface area contributed by atoms with Crippen LogP contribution in [-0.2, 0) is 26.1 Å². The third-order valence-electron chi connectivity index (χ3n) is 2.60. The fourth-order valence-electron chi connectivity index (χ4n) is 1.61. The molecule has 0 aliphatic heterocycles. The number of carbonyl (C=O) groups excluding carboxylic acids is 1. The predicted molar refractivity (Wildman–Crippen MR) is 76.0 cm³/mol. The van der Waals surface area contributed by atoms with Crippen LogP contribution < -0.4 is 0 Å². The monoisotopic (exact) mass is 319 g/mol. The second-order valence-corrected chi connectivity index (χ2v) is 6.14. The van der Waals surface area contributed by atoms with E-state index >= 15 is 0 Å². The van der Waals surface area contributed by atoms with Crippen LogP contribution >= 0.6 is 11.6 Å². The molecule has 0 saturated heterocycles. The van der Waals surface area contributed by atoms with E-state index in [4.69, 9.17) is 11.6 Å². The molecule has 110 valence electrons. The molecule has 0 aliphatic rings. The van der Waals surface area contributed by atoms with Crippen LogP contribution in [0.2, 0.25) is 5.02 Å². The second kappa shape index (κ2) is 7.35. The maximum absolute atomic E-state index is 12.0. The van der Waals surface area contributed by atoms with Gasteiger partial charge in [-0.1, -0.05) is 18.5 Å². The van der Waals surface area contributed by atoms with E-state index in [1.54, 1.807) is 6.92 Å². The zero-order valence-electron chi connectivity index (χ0n) is 11.0. The maximum Gasteiger partial charge on any atom is 0.309 e. The highest BCUT2D eigenvalue weighted by molar-refractivity contribution is 7.84. The van der Waals surface area contributed by atoms with Gasteiger partial charge in [-0.25, -0.2) is 0 Å². The van der Waals surface area contributed by atoms with Crippen molar-refractivity contribution in [2.45, 2.75) is 12.7 Å². The Balaban J connectivity index is 2.81. The summed E-state index contributed by atoms with van der Waals surface area (Å²) in [6, 6.07) is 4.20. The Kier molecular flexibility index (Phi) is 6.09. The Labute approximate surface area is 123 Å². The summed E-state index contributed by atoms with van der Waals surface area (Å²) in [7, 11) is -0.149. The van der Waals surface area contributed by atoms with E-state index in [1.165, 1.54) is 25.3 Å². The van der Waals surface area contributed by atoms with Crippen LogP contribution in [0.15, 0.2) is 18.2 Å². The van der Waals surface area contributed by atoms with E-state index in [1.807, 2.05) is 0 Å². The second-order valence-electron chi connectivity index (χ2n) is 4.21. The first-order chi connectivity index (χ1) is 9.35. The van der Waals surface area contributed by atoms with Crippen molar-refractivity contribution in [1.29, 1.82) is 0 Å². The average molecular weight is 320 g/mol. The topological polar surface area (TPSA) is 86.5 Å². The van der Waals surface area contributed by atoms with Crippen LogP contribution in [0.1, 0.15) is 12.5 Å². The van der Waals surface area contributed by atoms with E-state index in [-0.39, 0.29) is 22.2 Å². The lowest BCUT2D eigenvalue weighted by atomic mass is 10.2. The van der Waals surface area contributed by atoms with E-state index in [9.17, 15) is 19.1 Å². The molecule has 2 atom stereocenters. The number of nitro groups is 1. The van der Waals surface area contributed by atoms with Gasteiger partial charge in [-0.3, -0.25) is 19.1 Å². The Morgan fingerprint density at radius 2 is 2.20 bits per heavy atom. The van der Waals surface area contributed by atoms with E-state index < -0.39 is 27.6 Å². The molecule has 1 aromatic carbocycles. The summed E-state index contributed by atoms with van der Waals surface area (Å²) in [5.74, 6) is -0.891. The molecular weight excluding hydrogens is 306 g/mol. The van der Waals surface area contributed by atoms with Crippen molar-refractivity contribution in [2.75, 3.05) is 12.9 Å². The summed E-state index contributed by atoms with van der Waals surface area (Å²) in [5.41, 5.74) is 0.159. The van der Waals surface area contributed by atoms with Gasteiger partial charge in [0.25, 0.3) is 5.69 Å². The summed E-state index contributed by atoms with van der Waals surface area (Å²) < 4.78 is 16.5. The lowest BCUT2D eigenvalue weighted by Gasteiger charge is -2.09. The van der Waals surface area contributed by atoms with Crippen molar-refractivity contribution >= 4 is 34.1 Å². The number of esters is 1. The zero-order valence-corrected chi connectivity index (χ0v) is 12.6. The van der Waals surface area contributed by atoms with Crippen LogP contribution in [-0.4, -0.2) is 28.0 Å². The van der Waals surface area contributed by atoms with Gasteiger partial charge < -0.3 is 4.74 Å². The van der Waals surface area contributed by atoms with Crippen molar-refractivity contribution in [3.63, 3.8) is 0 Å². The van der Waals surface area contributed by atoms with Crippen molar-refractivity contribution < 1.29 is 18.7 Å². The predicted octanol–water partition coefficient (Wildman–Crippen LogP) is 2.31. The van der Waals surface area contributed by atoms with E-state index in [0.29, 0.717) is 5.56 Å². The highest BCUT2D eigenvalue weighted by Gasteiger charge is 2.20. The molecule has 0 aliphatic carbocycles. The standard InChI is InChI=1S/C12H14ClNO5S/c1-8(12(15)19-2)6-20(18)7-9-3-4-10(13)5-11(9)14(16)17/h3-5,8H,6-7H2,1-2H3.